The Bertz CT molecular complexity index is 816. The van der Waals surface area contributed by atoms with Crippen LogP contribution in [0.1, 0.15) is 133 Å². The van der Waals surface area contributed by atoms with Gasteiger partial charge in [-0.2, -0.15) is 0 Å². The molecule has 2 heterocycles. The number of likely N-dealkylation sites (tertiary alicyclic amines) is 2. The first-order chi connectivity index (χ1) is 19.6. The number of amides is 4. The average Bonchev–Trinajstić information content (AvgIpc) is 2.97. The molecule has 0 saturated carbocycles. The molecule has 2 aliphatic heterocycles. The molecule has 2 aliphatic rings. The molecular weight excluding hydrogens is 524 g/mol. The molecule has 8 nitrogen and oxygen atoms in total. The minimum atomic E-state index is -0.0480. The summed E-state index contributed by atoms with van der Waals surface area (Å²) >= 11 is 0. The molecule has 0 bridgehead atoms. The van der Waals surface area contributed by atoms with Gasteiger partial charge in [0.2, 0.25) is 0 Å². The third-order valence-electron chi connectivity index (χ3n) is 12.9. The number of carbonyl (C=O) groups is 2. The molecule has 0 aliphatic carbocycles. The van der Waals surface area contributed by atoms with E-state index in [1.807, 2.05) is 0 Å². The van der Waals surface area contributed by atoms with Crippen molar-refractivity contribution in [2.24, 2.45) is 11.8 Å². The Kier molecular flexibility index (Phi) is 13.1. The summed E-state index contributed by atoms with van der Waals surface area (Å²) in [7, 11) is 4.50. The van der Waals surface area contributed by atoms with Crippen LogP contribution in [0.2, 0.25) is 0 Å². The molecule has 2 rings (SSSR count). The fourth-order valence-corrected chi connectivity index (χ4v) is 7.97. The molecule has 0 aromatic heterocycles. The van der Waals surface area contributed by atoms with Crippen molar-refractivity contribution in [3.63, 3.8) is 0 Å². The van der Waals surface area contributed by atoms with Crippen LogP contribution < -0.4 is 21.3 Å². The predicted octanol–water partition coefficient (Wildman–Crippen LogP) is 6.50. The van der Waals surface area contributed by atoms with E-state index in [-0.39, 0.29) is 46.3 Å². The number of nitrogens with zero attached hydrogens (tertiary/aromatic N) is 2. The number of urea groups is 2. The molecule has 4 N–H and O–H groups in total. The topological polar surface area (TPSA) is 88.7 Å². The Balaban J connectivity index is 1.68. The second-order valence-electron chi connectivity index (χ2n) is 14.7. The first kappa shape index (κ1) is 36.7. The quantitative estimate of drug-likeness (QED) is 0.184. The van der Waals surface area contributed by atoms with E-state index in [2.05, 4.69) is 114 Å². The average molecular weight is 593 g/mol. The normalized spacial score (nSPS) is 37.7. The van der Waals surface area contributed by atoms with Crippen molar-refractivity contribution in [1.29, 1.82) is 0 Å². The van der Waals surface area contributed by atoms with Crippen molar-refractivity contribution in [1.82, 2.24) is 31.1 Å². The number of carbonyl (C=O) groups excluding carboxylic acids is 2. The first-order valence-electron chi connectivity index (χ1n) is 17.1. The summed E-state index contributed by atoms with van der Waals surface area (Å²) in [5.41, 5.74) is 0.280. The standard InChI is InChI=1S/C34H68N6O2/c1-13-31(7)23-27(25(5)33(9,15-3)39(31)11)37-29(41)35-21-19-17-18-20-22-36-30(42)38-28-24-32(8,14-2)40(12)34(10,16-4)26(28)6/h25-28H,13-24H2,1-12H3,(H2,35,37,41)(H2,36,38,42). The molecule has 2 fully saturated rings. The van der Waals surface area contributed by atoms with Crippen molar-refractivity contribution >= 4 is 12.1 Å². The molecule has 2 saturated heterocycles. The lowest BCUT2D eigenvalue weighted by Crippen LogP contribution is -2.69. The predicted molar refractivity (Wildman–Crippen MR) is 177 cm³/mol. The summed E-state index contributed by atoms with van der Waals surface area (Å²) in [5, 5.41) is 12.8. The number of nitrogens with one attached hydrogen (secondary N) is 4. The van der Waals surface area contributed by atoms with Gasteiger partial charge in [0.05, 0.1) is 0 Å². The number of unbranched alkanes of at least 4 members (excludes halogenated alkanes) is 3. The van der Waals surface area contributed by atoms with Gasteiger partial charge in [0.25, 0.3) is 0 Å². The van der Waals surface area contributed by atoms with Crippen molar-refractivity contribution in [2.45, 2.75) is 168 Å². The minimum Gasteiger partial charge on any atom is -0.338 e. The number of piperidine rings is 2. The summed E-state index contributed by atoms with van der Waals surface area (Å²) in [4.78, 5) is 30.7. The van der Waals surface area contributed by atoms with Gasteiger partial charge in [0.15, 0.2) is 0 Å². The summed E-state index contributed by atoms with van der Waals surface area (Å²) < 4.78 is 0. The van der Waals surface area contributed by atoms with E-state index in [1.54, 1.807) is 0 Å². The molecule has 4 amide bonds. The molecule has 0 radical (unpaired) electrons. The molecule has 246 valence electrons. The Labute approximate surface area is 259 Å². The number of hydrogen-bond donors (Lipinski definition) is 4. The van der Waals surface area contributed by atoms with Crippen molar-refractivity contribution in [3.8, 4) is 0 Å². The lowest BCUT2D eigenvalue weighted by molar-refractivity contribution is -0.0768. The highest BCUT2D eigenvalue weighted by Gasteiger charge is 2.52. The second kappa shape index (κ2) is 15.0. The van der Waals surface area contributed by atoms with Crippen molar-refractivity contribution in [2.75, 3.05) is 27.2 Å². The third-order valence-corrected chi connectivity index (χ3v) is 12.9. The number of rotatable bonds is 13. The summed E-state index contributed by atoms with van der Waals surface area (Å²) in [6, 6.07) is 0.232. The highest BCUT2D eigenvalue weighted by atomic mass is 16.2. The van der Waals surface area contributed by atoms with Crippen LogP contribution in [0.3, 0.4) is 0 Å². The SMILES string of the molecule is CCC1(C)CC(NC(=O)NCCCCCCNC(=O)NC2CC(C)(CC)N(C)C(C)(CC)C2C)C(C)C(C)(CC)N1C. The lowest BCUT2D eigenvalue weighted by Gasteiger charge is -2.59. The van der Waals surface area contributed by atoms with Crippen LogP contribution in [-0.4, -0.2) is 83.3 Å². The molecular formula is C34H68N6O2. The Hall–Kier alpha value is -1.54. The fourth-order valence-electron chi connectivity index (χ4n) is 7.97. The Morgan fingerprint density at radius 3 is 1.24 bits per heavy atom. The summed E-state index contributed by atoms with van der Waals surface area (Å²) in [5.74, 6) is 0.745. The highest BCUT2D eigenvalue weighted by molar-refractivity contribution is 5.74. The maximum absolute atomic E-state index is 12.8. The zero-order chi connectivity index (χ0) is 31.9. The molecule has 0 spiro atoms. The van der Waals surface area contributed by atoms with Gasteiger partial charge in [-0.05, 0) is 105 Å². The van der Waals surface area contributed by atoms with Crippen LogP contribution in [-0.2, 0) is 0 Å². The maximum atomic E-state index is 12.8. The Morgan fingerprint density at radius 1 is 0.619 bits per heavy atom. The van der Waals surface area contributed by atoms with E-state index in [1.165, 1.54) is 0 Å². The maximum Gasteiger partial charge on any atom is 0.315 e. The molecule has 8 heteroatoms. The van der Waals surface area contributed by atoms with Crippen LogP contribution in [0.15, 0.2) is 0 Å². The van der Waals surface area contributed by atoms with Crippen LogP contribution in [0.5, 0.6) is 0 Å². The van der Waals surface area contributed by atoms with E-state index >= 15 is 0 Å². The van der Waals surface area contributed by atoms with Crippen LogP contribution in [0.4, 0.5) is 9.59 Å². The van der Waals surface area contributed by atoms with E-state index in [0.29, 0.717) is 24.9 Å². The lowest BCUT2D eigenvalue weighted by atomic mass is 9.67. The van der Waals surface area contributed by atoms with E-state index in [4.69, 9.17) is 0 Å². The van der Waals surface area contributed by atoms with Gasteiger partial charge in [0, 0.05) is 47.3 Å². The zero-order valence-corrected chi connectivity index (χ0v) is 29.5. The van der Waals surface area contributed by atoms with E-state index < -0.39 is 0 Å². The van der Waals surface area contributed by atoms with Crippen LogP contribution in [0, 0.1) is 11.8 Å². The summed E-state index contributed by atoms with van der Waals surface area (Å²) in [6.45, 7) is 24.3. The smallest absolute Gasteiger partial charge is 0.315 e. The van der Waals surface area contributed by atoms with Crippen LogP contribution in [0.25, 0.3) is 0 Å². The highest BCUT2D eigenvalue weighted by Crippen LogP contribution is 2.45. The molecule has 8 unspecified atom stereocenters. The van der Waals surface area contributed by atoms with E-state index in [9.17, 15) is 9.59 Å². The molecule has 8 atom stereocenters. The van der Waals surface area contributed by atoms with E-state index in [0.717, 1.165) is 64.2 Å². The van der Waals surface area contributed by atoms with Crippen LogP contribution >= 0.6 is 0 Å². The van der Waals surface area contributed by atoms with Gasteiger partial charge >= 0.3 is 12.1 Å². The third kappa shape index (κ3) is 7.75. The molecule has 0 aromatic rings. The van der Waals surface area contributed by atoms with Crippen molar-refractivity contribution in [3.05, 3.63) is 0 Å². The Morgan fingerprint density at radius 2 is 0.952 bits per heavy atom. The number of hydrogen-bond acceptors (Lipinski definition) is 4. The van der Waals surface area contributed by atoms with Gasteiger partial charge in [-0.1, -0.05) is 54.4 Å². The monoisotopic (exact) mass is 593 g/mol. The van der Waals surface area contributed by atoms with Gasteiger partial charge in [-0.3, -0.25) is 9.80 Å². The largest absolute Gasteiger partial charge is 0.338 e. The van der Waals surface area contributed by atoms with Gasteiger partial charge in [-0.25, -0.2) is 9.59 Å². The van der Waals surface area contributed by atoms with Gasteiger partial charge < -0.3 is 21.3 Å². The summed E-state index contributed by atoms with van der Waals surface area (Å²) in [6.07, 6.45) is 10.1. The molecule has 42 heavy (non-hydrogen) atoms. The molecule has 0 aromatic carbocycles. The first-order valence-corrected chi connectivity index (χ1v) is 17.1. The fraction of sp³-hybridized carbons (Fsp3) is 0.941. The minimum absolute atomic E-state index is 0.0480. The van der Waals surface area contributed by atoms with Gasteiger partial charge in [0.1, 0.15) is 0 Å². The zero-order valence-electron chi connectivity index (χ0n) is 29.5. The van der Waals surface area contributed by atoms with Gasteiger partial charge in [-0.15, -0.1) is 0 Å². The van der Waals surface area contributed by atoms with Crippen molar-refractivity contribution < 1.29 is 9.59 Å². The second-order valence-corrected chi connectivity index (χ2v) is 14.7.